The number of allylic oxidation sites excluding steroid dienone is 2. The number of rotatable bonds is 31. The van der Waals surface area contributed by atoms with Crippen molar-refractivity contribution in [3.8, 4) is 23.0 Å². The first-order valence-electron chi connectivity index (χ1n) is 39.7. The van der Waals surface area contributed by atoms with Gasteiger partial charge in [-0.1, -0.05) is 281 Å². The number of ether oxygens (including phenoxy) is 5. The Morgan fingerprint density at radius 2 is 0.690 bits per heavy atom. The van der Waals surface area contributed by atoms with Crippen LogP contribution in [0, 0.1) is 17.8 Å². The van der Waals surface area contributed by atoms with Crippen molar-refractivity contribution in [3.05, 3.63) is 264 Å². The molecule has 0 heterocycles. The van der Waals surface area contributed by atoms with E-state index in [9.17, 15) is 34.2 Å². The summed E-state index contributed by atoms with van der Waals surface area (Å²) in [7, 11) is 2.98. The van der Waals surface area contributed by atoms with E-state index >= 15 is 0 Å². The summed E-state index contributed by atoms with van der Waals surface area (Å²) in [6.45, 7) is 36.2. The summed E-state index contributed by atoms with van der Waals surface area (Å²) in [6, 6.07) is 69.9. The van der Waals surface area contributed by atoms with Crippen LogP contribution in [0.3, 0.4) is 0 Å². The van der Waals surface area contributed by atoms with Gasteiger partial charge in [-0.2, -0.15) is 0 Å². The average Bonchev–Trinajstić information content (AvgIpc) is 0.865. The van der Waals surface area contributed by atoms with E-state index in [4.69, 9.17) is 39.0 Å². The summed E-state index contributed by atoms with van der Waals surface area (Å²) >= 11 is 0. The van der Waals surface area contributed by atoms with Crippen LogP contribution in [0.15, 0.2) is 262 Å². The second-order valence-corrected chi connectivity index (χ2v) is 28.4. The Kier molecular flexibility index (Phi) is 51.6. The van der Waals surface area contributed by atoms with Crippen LogP contribution in [0.5, 0.6) is 23.0 Å². The molecule has 0 aliphatic heterocycles. The summed E-state index contributed by atoms with van der Waals surface area (Å²) in [5, 5.41) is 66.2. The quantitative estimate of drug-likeness (QED) is 0.00698. The van der Waals surface area contributed by atoms with E-state index in [-0.39, 0.29) is 73.1 Å². The van der Waals surface area contributed by atoms with Crippen LogP contribution >= 0.6 is 0 Å². The van der Waals surface area contributed by atoms with Crippen molar-refractivity contribution >= 4 is 52.5 Å². The van der Waals surface area contributed by atoms with Crippen molar-refractivity contribution in [2.45, 2.75) is 192 Å². The second kappa shape index (κ2) is 58.4. The fraction of sp³-hybridized carbons (Fsp3) is 0.400. The predicted molar refractivity (Wildman–Crippen MR) is 468 cm³/mol. The summed E-state index contributed by atoms with van der Waals surface area (Å²) in [5.41, 5.74) is 7.48. The first-order chi connectivity index (χ1) is 55.3. The molecule has 0 aromatic heterocycles. The number of hydrogen-bond acceptors (Lipinski definition) is 17. The number of amides is 2. The lowest BCUT2D eigenvalue weighted by Gasteiger charge is -2.22. The third-order valence-electron chi connectivity index (χ3n) is 18.9. The van der Waals surface area contributed by atoms with Gasteiger partial charge in [-0.25, -0.2) is 0 Å². The lowest BCUT2D eigenvalue weighted by molar-refractivity contribution is -0.148. The van der Waals surface area contributed by atoms with Gasteiger partial charge in [0, 0.05) is 0 Å². The summed E-state index contributed by atoms with van der Waals surface area (Å²) in [6.07, 6.45) is 6.97. The zero-order chi connectivity index (χ0) is 87.0. The number of carboxylic acids is 2. The molecule has 8 aromatic carbocycles. The van der Waals surface area contributed by atoms with Crippen molar-refractivity contribution < 1.29 is 73.2 Å². The minimum atomic E-state index is -0.706. The average molecular weight is 1600 g/mol. The molecular formula is C95H130N6O15. The molecule has 0 saturated heterocycles. The van der Waals surface area contributed by atoms with E-state index in [0.717, 1.165) is 12.8 Å². The summed E-state index contributed by atoms with van der Waals surface area (Å²) < 4.78 is 26.6. The third kappa shape index (κ3) is 40.5. The number of nitrogens with one attached hydrogen (secondary N) is 2. The molecule has 5 atom stereocenters. The number of azo groups is 2. The fourth-order valence-electron chi connectivity index (χ4n) is 9.28. The van der Waals surface area contributed by atoms with E-state index in [0.29, 0.717) is 74.8 Å². The van der Waals surface area contributed by atoms with Gasteiger partial charge in [-0.3, -0.25) is 24.0 Å². The zero-order valence-corrected chi connectivity index (χ0v) is 72.1. The van der Waals surface area contributed by atoms with E-state index < -0.39 is 23.8 Å². The molecule has 0 radical (unpaired) electrons. The van der Waals surface area contributed by atoms with Crippen LogP contribution in [0.25, 0.3) is 0 Å². The Hall–Kier alpha value is -11.5. The van der Waals surface area contributed by atoms with E-state index in [2.05, 4.69) is 222 Å². The maximum atomic E-state index is 12.7. The number of methoxy groups -OCH3 is 2. The third-order valence-corrected chi connectivity index (χ3v) is 18.9. The van der Waals surface area contributed by atoms with Crippen LogP contribution in [0.4, 0.5) is 22.7 Å². The number of hydrogen-bond donors (Lipinski definition) is 7. The highest BCUT2D eigenvalue weighted by Gasteiger charge is 2.21. The molecular weight excluding hydrogens is 1470 g/mol. The Morgan fingerprint density at radius 3 is 0.974 bits per heavy atom. The Morgan fingerprint density at radius 1 is 0.388 bits per heavy atom. The Bertz CT molecular complexity index is 4080. The molecule has 21 nitrogen and oxygen atoms in total. The van der Waals surface area contributed by atoms with Crippen LogP contribution in [0.1, 0.15) is 204 Å². The van der Waals surface area contributed by atoms with E-state index in [1.165, 1.54) is 76.0 Å². The number of esters is 1. The topological polar surface area (TPSA) is 306 Å². The van der Waals surface area contributed by atoms with E-state index in [1.807, 2.05) is 20.8 Å². The van der Waals surface area contributed by atoms with Crippen molar-refractivity contribution in [1.29, 1.82) is 0 Å². The van der Waals surface area contributed by atoms with Gasteiger partial charge in [0.15, 0.2) is 11.4 Å². The standard InChI is InChI=1S/C24H29N3O6.C19H21N3O5.2C11H16.2C10H14.2C5H10O2/c1-5-16(2)24(30)33-15-14-32-21-13-9-7-11-19(21)26-27-22(17(3)28)23(29)25-18-10-6-8-12-20(18)31-4;1-13(24)18(19(25)20-14-7-3-5-9-16(14)26-2)22-21-15-8-4-6-10-17(15)27-12-11-23;2*1-4-11(2,3)10-8-6-5-7-9-10;2*1-3-9(2)10-7-5-4-6-8-10;2*1-3-4(2)5(6)7/h6-13,16,28H,5,14-15H2,1-4H3,(H,25,29);3-10,23-24H,11-12H2,1-2H3,(H,20,25);2*5-9H,4H2,1-3H3;2*4-9H,3H2,1-2H3;2*4H,3H2,1-2H3,(H,6,7)/t16-;;;;2*9-;2*4-/m0...0000/s1. The van der Waals surface area contributed by atoms with Gasteiger partial charge in [0.1, 0.15) is 65.7 Å². The van der Waals surface area contributed by atoms with Gasteiger partial charge in [0.25, 0.3) is 11.8 Å². The number of aliphatic carboxylic acids is 2. The molecule has 0 saturated carbocycles. The molecule has 8 aromatic rings. The number of carbonyl (C=O) groups is 5. The summed E-state index contributed by atoms with van der Waals surface area (Å²) in [5.74, 6) is -0.963. The Balaban J connectivity index is 0.000000715. The number of aliphatic hydroxyl groups excluding tert-OH is 3. The maximum Gasteiger partial charge on any atom is 0.308 e. The minimum Gasteiger partial charge on any atom is -0.510 e. The second-order valence-electron chi connectivity index (χ2n) is 28.4. The van der Waals surface area contributed by atoms with Gasteiger partial charge >= 0.3 is 17.9 Å². The fourth-order valence-corrected chi connectivity index (χ4v) is 9.28. The van der Waals surface area contributed by atoms with Gasteiger partial charge < -0.3 is 59.9 Å². The maximum absolute atomic E-state index is 12.7. The minimum absolute atomic E-state index is 0.0941. The number of aliphatic hydroxyl groups is 3. The normalized spacial score (nSPS) is 12.4. The van der Waals surface area contributed by atoms with Crippen LogP contribution in [-0.2, 0) is 39.5 Å². The first kappa shape index (κ1) is 103. The molecule has 0 aliphatic carbocycles. The molecule has 0 spiro atoms. The Labute approximate surface area is 690 Å². The molecule has 2 amide bonds. The number of anilines is 2. The van der Waals surface area contributed by atoms with Crippen LogP contribution < -0.4 is 29.6 Å². The molecule has 0 fully saturated rings. The molecule has 0 bridgehead atoms. The number of carboxylic acid groups (broad SMARTS) is 2. The molecule has 116 heavy (non-hydrogen) atoms. The largest absolute Gasteiger partial charge is 0.510 e. The molecule has 630 valence electrons. The lowest BCUT2D eigenvalue weighted by atomic mass is 9.82. The lowest BCUT2D eigenvalue weighted by Crippen LogP contribution is -2.17. The number of benzene rings is 8. The van der Waals surface area contributed by atoms with Crippen molar-refractivity contribution in [2.75, 3.05) is 51.3 Å². The predicted octanol–water partition coefficient (Wildman–Crippen LogP) is 24.1. The highest BCUT2D eigenvalue weighted by molar-refractivity contribution is 6.05. The SMILES string of the molecule is CCC(C)(C)c1ccccc1.CCC(C)(C)c1ccccc1.CC[C@H](C)C(=O)O.CC[C@H](C)C(=O)O.CC[C@H](C)C(=O)OCCOc1ccccc1N=NC(C(=O)Nc1ccccc1OC)=C(C)O.CC[C@H](C)c1ccccc1.CC[C@H](C)c1ccccc1.COc1ccccc1NC(=O)C(N=Nc1ccccc1OCCO)=C(C)O. The molecule has 0 unspecified atom stereocenters. The molecule has 21 heteroatoms. The van der Waals surface area contributed by atoms with Crippen molar-refractivity contribution in [3.63, 3.8) is 0 Å². The van der Waals surface area contributed by atoms with Gasteiger partial charge in [0.2, 0.25) is 0 Å². The van der Waals surface area contributed by atoms with Crippen LogP contribution in [-0.4, -0.2) is 95.9 Å². The summed E-state index contributed by atoms with van der Waals surface area (Å²) in [4.78, 5) is 56.8. The van der Waals surface area contributed by atoms with Gasteiger partial charge in [-0.05, 0) is 152 Å². The van der Waals surface area contributed by atoms with Crippen molar-refractivity contribution in [2.24, 2.45) is 38.2 Å². The molecule has 7 N–H and O–H groups in total. The van der Waals surface area contributed by atoms with Gasteiger partial charge in [-0.15, -0.1) is 20.5 Å². The van der Waals surface area contributed by atoms with Crippen molar-refractivity contribution in [1.82, 2.24) is 0 Å². The monoisotopic (exact) mass is 1590 g/mol. The highest BCUT2D eigenvalue weighted by Crippen LogP contribution is 2.33. The van der Waals surface area contributed by atoms with E-state index in [1.54, 1.807) is 118 Å². The number of nitrogens with zero attached hydrogens (tertiary/aromatic N) is 4. The smallest absolute Gasteiger partial charge is 0.308 e. The number of carbonyl (C=O) groups excluding carboxylic acids is 3. The number of para-hydroxylation sites is 6. The highest BCUT2D eigenvalue weighted by atomic mass is 16.6. The first-order valence-corrected chi connectivity index (χ1v) is 39.7. The van der Waals surface area contributed by atoms with Gasteiger partial charge in [0.05, 0.1) is 50.0 Å². The molecule has 8 rings (SSSR count). The molecule has 0 aliphatic rings. The van der Waals surface area contributed by atoms with Crippen LogP contribution in [0.2, 0.25) is 0 Å². The zero-order valence-electron chi connectivity index (χ0n) is 72.1.